The average molecular weight is 383 g/mol. The van der Waals surface area contributed by atoms with Crippen molar-refractivity contribution in [2.75, 3.05) is 26.2 Å². The van der Waals surface area contributed by atoms with Crippen LogP contribution in [-0.2, 0) is 11.3 Å². The maximum Gasteiger partial charge on any atom is 0.252 e. The summed E-state index contributed by atoms with van der Waals surface area (Å²) in [6.45, 7) is 5.90. The van der Waals surface area contributed by atoms with Gasteiger partial charge in [-0.15, -0.1) is 16.4 Å². The van der Waals surface area contributed by atoms with Gasteiger partial charge >= 0.3 is 0 Å². The van der Waals surface area contributed by atoms with Gasteiger partial charge in [0.15, 0.2) is 6.04 Å². The summed E-state index contributed by atoms with van der Waals surface area (Å²) in [5.41, 5.74) is 1.99. The number of tetrazole rings is 1. The first kappa shape index (κ1) is 17.7. The molecule has 8 nitrogen and oxygen atoms in total. The van der Waals surface area contributed by atoms with E-state index in [1.165, 1.54) is 11.0 Å². The van der Waals surface area contributed by atoms with Gasteiger partial charge in [0, 0.05) is 38.1 Å². The van der Waals surface area contributed by atoms with E-state index in [0.29, 0.717) is 13.1 Å². The van der Waals surface area contributed by atoms with Crippen LogP contribution in [0.25, 0.3) is 0 Å². The maximum absolute atomic E-state index is 13.2. The number of nitrogens with zero attached hydrogens (tertiary/aromatic N) is 7. The number of hydrogen-bond acceptors (Lipinski definition) is 7. The molecule has 1 aromatic carbocycles. The summed E-state index contributed by atoms with van der Waals surface area (Å²) in [7, 11) is 0. The number of hydrogen-bond donors (Lipinski definition) is 0. The van der Waals surface area contributed by atoms with Crippen molar-refractivity contribution in [1.82, 2.24) is 35.0 Å². The molecule has 1 amide bonds. The molecule has 1 aliphatic rings. The van der Waals surface area contributed by atoms with Gasteiger partial charge in [0.25, 0.3) is 5.91 Å². The summed E-state index contributed by atoms with van der Waals surface area (Å²) < 4.78 is 1.53. The molecule has 0 aliphatic carbocycles. The van der Waals surface area contributed by atoms with Crippen molar-refractivity contribution in [2.45, 2.75) is 19.5 Å². The molecule has 140 valence electrons. The highest BCUT2D eigenvalue weighted by atomic mass is 32.1. The van der Waals surface area contributed by atoms with Crippen molar-refractivity contribution in [2.24, 2.45) is 0 Å². The van der Waals surface area contributed by atoms with Crippen LogP contribution in [0.2, 0.25) is 0 Å². The molecule has 3 aromatic rings. The van der Waals surface area contributed by atoms with Gasteiger partial charge in [-0.2, -0.15) is 0 Å². The van der Waals surface area contributed by atoms with Crippen LogP contribution in [0, 0.1) is 6.92 Å². The zero-order valence-electron chi connectivity index (χ0n) is 15.1. The Morgan fingerprint density at radius 2 is 1.96 bits per heavy atom. The van der Waals surface area contributed by atoms with Crippen LogP contribution in [-0.4, -0.2) is 67.1 Å². The number of carbonyl (C=O) groups excluding carboxylic acids is 1. The molecule has 0 bridgehead atoms. The van der Waals surface area contributed by atoms with Gasteiger partial charge in [0.2, 0.25) is 0 Å². The topological polar surface area (TPSA) is 80.0 Å². The van der Waals surface area contributed by atoms with E-state index in [0.717, 1.165) is 35.9 Å². The molecule has 9 heteroatoms. The lowest BCUT2D eigenvalue weighted by Gasteiger charge is -2.36. The van der Waals surface area contributed by atoms with E-state index in [4.69, 9.17) is 0 Å². The van der Waals surface area contributed by atoms with Crippen LogP contribution in [0.5, 0.6) is 0 Å². The zero-order valence-corrected chi connectivity index (χ0v) is 15.9. The predicted molar refractivity (Wildman–Crippen MR) is 101 cm³/mol. The molecule has 27 heavy (non-hydrogen) atoms. The first-order valence-corrected chi connectivity index (χ1v) is 9.78. The van der Waals surface area contributed by atoms with Crippen molar-refractivity contribution in [3.05, 3.63) is 58.3 Å². The lowest BCUT2D eigenvalue weighted by molar-refractivity contribution is -0.135. The Balaban J connectivity index is 1.44. The summed E-state index contributed by atoms with van der Waals surface area (Å²) in [6.07, 6.45) is 1.50. The van der Waals surface area contributed by atoms with Gasteiger partial charge < -0.3 is 4.90 Å². The fourth-order valence-electron chi connectivity index (χ4n) is 3.34. The second-order valence-corrected chi connectivity index (χ2v) is 7.62. The highest BCUT2D eigenvalue weighted by molar-refractivity contribution is 7.09. The number of piperazine rings is 1. The fraction of sp³-hybridized carbons (Fsp3) is 0.389. The summed E-state index contributed by atoms with van der Waals surface area (Å²) >= 11 is 1.67. The average Bonchev–Trinajstić information content (AvgIpc) is 3.36. The van der Waals surface area contributed by atoms with E-state index in [2.05, 4.69) is 30.8 Å². The summed E-state index contributed by atoms with van der Waals surface area (Å²) in [5.74, 6) is 0.0256. The van der Waals surface area contributed by atoms with Crippen molar-refractivity contribution in [1.29, 1.82) is 0 Å². The second-order valence-electron chi connectivity index (χ2n) is 6.56. The normalized spacial score (nSPS) is 16.4. The minimum absolute atomic E-state index is 0.0256. The van der Waals surface area contributed by atoms with Crippen LogP contribution in [0.1, 0.15) is 22.3 Å². The third-order valence-electron chi connectivity index (χ3n) is 4.71. The van der Waals surface area contributed by atoms with Crippen LogP contribution >= 0.6 is 11.3 Å². The molecular weight excluding hydrogens is 362 g/mol. The van der Waals surface area contributed by atoms with Gasteiger partial charge in [-0.1, -0.05) is 30.3 Å². The summed E-state index contributed by atoms with van der Waals surface area (Å²) in [6, 6.07) is 9.12. The number of rotatable bonds is 5. The van der Waals surface area contributed by atoms with Crippen molar-refractivity contribution in [3.63, 3.8) is 0 Å². The smallest absolute Gasteiger partial charge is 0.252 e. The van der Waals surface area contributed by atoms with Crippen LogP contribution < -0.4 is 0 Å². The monoisotopic (exact) mass is 383 g/mol. The van der Waals surface area contributed by atoms with Crippen LogP contribution in [0.15, 0.2) is 42.0 Å². The summed E-state index contributed by atoms with van der Waals surface area (Å²) in [5, 5.41) is 14.6. The molecule has 0 unspecified atom stereocenters. The minimum atomic E-state index is -0.533. The van der Waals surface area contributed by atoms with Gasteiger partial charge in [-0.3, -0.25) is 9.69 Å². The quantitative estimate of drug-likeness (QED) is 0.662. The SMILES string of the molecule is Cc1nc(CN2CCN(C(=O)[C@@H](c3ccccc3)n3cnnn3)CC2)cs1. The lowest BCUT2D eigenvalue weighted by Crippen LogP contribution is -2.50. The first-order valence-electron chi connectivity index (χ1n) is 8.90. The fourth-order valence-corrected chi connectivity index (χ4v) is 3.94. The number of aromatic nitrogens is 5. The van der Waals surface area contributed by atoms with E-state index in [9.17, 15) is 4.79 Å². The predicted octanol–water partition coefficient (Wildman–Crippen LogP) is 1.37. The van der Waals surface area contributed by atoms with E-state index < -0.39 is 6.04 Å². The third kappa shape index (κ3) is 4.04. The largest absolute Gasteiger partial charge is 0.338 e. The van der Waals surface area contributed by atoms with Gasteiger partial charge in [-0.25, -0.2) is 9.67 Å². The van der Waals surface area contributed by atoms with Crippen molar-refractivity contribution < 1.29 is 4.79 Å². The Morgan fingerprint density at radius 3 is 2.59 bits per heavy atom. The molecule has 1 saturated heterocycles. The van der Waals surface area contributed by atoms with E-state index in [-0.39, 0.29) is 5.91 Å². The Bertz CT molecular complexity index is 872. The molecule has 2 aromatic heterocycles. The second kappa shape index (κ2) is 7.93. The van der Waals surface area contributed by atoms with E-state index in [1.54, 1.807) is 11.3 Å². The Labute approximate surface area is 161 Å². The Hall–Kier alpha value is -2.65. The molecule has 4 rings (SSSR count). The lowest BCUT2D eigenvalue weighted by atomic mass is 10.1. The number of benzene rings is 1. The molecule has 1 aliphatic heterocycles. The molecule has 0 N–H and O–H groups in total. The van der Waals surface area contributed by atoms with Crippen LogP contribution in [0.4, 0.5) is 0 Å². The minimum Gasteiger partial charge on any atom is -0.338 e. The number of aryl methyl sites for hydroxylation is 1. The highest BCUT2D eigenvalue weighted by Crippen LogP contribution is 2.21. The maximum atomic E-state index is 13.2. The van der Waals surface area contributed by atoms with Gasteiger partial charge in [0.05, 0.1) is 10.7 Å². The van der Waals surface area contributed by atoms with E-state index in [1.807, 2.05) is 42.2 Å². The molecular formula is C18H21N7OS. The van der Waals surface area contributed by atoms with Crippen LogP contribution in [0.3, 0.4) is 0 Å². The number of thiazole rings is 1. The zero-order chi connectivity index (χ0) is 18.6. The summed E-state index contributed by atoms with van der Waals surface area (Å²) in [4.78, 5) is 22.0. The number of carbonyl (C=O) groups is 1. The highest BCUT2D eigenvalue weighted by Gasteiger charge is 2.30. The Morgan fingerprint density at radius 1 is 1.19 bits per heavy atom. The number of amides is 1. The standard InChI is InChI=1S/C18H21N7OS/c1-14-20-16(12-27-14)11-23-7-9-24(10-8-23)18(26)17(25-13-19-21-22-25)15-5-3-2-4-6-15/h2-6,12-13,17H,7-11H2,1H3/t17-/m1/s1. The third-order valence-corrected chi connectivity index (χ3v) is 5.54. The molecule has 3 heterocycles. The molecule has 1 atom stereocenters. The van der Waals surface area contributed by atoms with Crippen molar-refractivity contribution >= 4 is 17.2 Å². The van der Waals surface area contributed by atoms with Gasteiger partial charge in [-0.05, 0) is 22.9 Å². The van der Waals surface area contributed by atoms with Gasteiger partial charge in [0.1, 0.15) is 6.33 Å². The molecule has 0 spiro atoms. The molecule has 0 saturated carbocycles. The van der Waals surface area contributed by atoms with Crippen molar-refractivity contribution in [3.8, 4) is 0 Å². The molecule has 1 fully saturated rings. The molecule has 0 radical (unpaired) electrons. The van der Waals surface area contributed by atoms with E-state index >= 15 is 0 Å². The first-order chi connectivity index (χ1) is 13.2. The Kier molecular flexibility index (Phi) is 5.21.